The average molecular weight is 268 g/mol. The second-order valence-electron chi connectivity index (χ2n) is 5.04. The number of rotatable bonds is 2. The smallest absolute Gasteiger partial charge is 0.243 e. The van der Waals surface area contributed by atoms with Crippen molar-refractivity contribution in [2.45, 2.75) is 37.1 Å². The van der Waals surface area contributed by atoms with Crippen molar-refractivity contribution < 1.29 is 13.2 Å². The van der Waals surface area contributed by atoms with Crippen molar-refractivity contribution in [3.63, 3.8) is 0 Å². The van der Waals surface area contributed by atoms with Gasteiger partial charge in [0.25, 0.3) is 0 Å². The minimum atomic E-state index is -3.55. The van der Waals surface area contributed by atoms with Gasteiger partial charge in [0, 0.05) is 37.3 Å². The van der Waals surface area contributed by atoms with E-state index >= 15 is 0 Å². The van der Waals surface area contributed by atoms with Crippen LogP contribution in [0.2, 0.25) is 0 Å². The van der Waals surface area contributed by atoms with E-state index in [4.69, 9.17) is 0 Å². The van der Waals surface area contributed by atoms with Gasteiger partial charge in [-0.2, -0.15) is 4.31 Å². The fourth-order valence-electron chi connectivity index (χ4n) is 2.27. The highest BCUT2D eigenvalue weighted by Crippen LogP contribution is 2.31. The molecule has 18 heavy (non-hydrogen) atoms. The second-order valence-corrected chi connectivity index (χ2v) is 6.90. The van der Waals surface area contributed by atoms with E-state index in [1.165, 1.54) is 28.8 Å². The number of hydrogen-bond acceptors (Lipinski definition) is 4. The molecule has 0 spiro atoms. The summed E-state index contributed by atoms with van der Waals surface area (Å²) in [6.07, 6.45) is 3.45. The van der Waals surface area contributed by atoms with Crippen LogP contribution in [-0.2, 0) is 14.8 Å². The third-order valence-electron chi connectivity index (χ3n) is 3.14. The van der Waals surface area contributed by atoms with Gasteiger partial charge < -0.3 is 0 Å². The highest BCUT2D eigenvalue weighted by atomic mass is 32.2. The van der Waals surface area contributed by atoms with Crippen molar-refractivity contribution in [2.75, 3.05) is 6.54 Å². The van der Waals surface area contributed by atoms with Gasteiger partial charge in [-0.3, -0.25) is 9.78 Å². The fraction of sp³-hybridized carbons (Fsp3) is 0.500. The van der Waals surface area contributed by atoms with E-state index in [1.54, 1.807) is 13.8 Å². The fourth-order valence-corrected chi connectivity index (χ4v) is 4.04. The Kier molecular flexibility index (Phi) is 3.25. The Bertz CT molecular complexity index is 552. The van der Waals surface area contributed by atoms with Gasteiger partial charge in [0.05, 0.1) is 4.90 Å². The van der Waals surface area contributed by atoms with Crippen LogP contribution in [0.4, 0.5) is 0 Å². The molecule has 0 amide bonds. The summed E-state index contributed by atoms with van der Waals surface area (Å²) in [5.74, 6) is 0.112. The molecule has 6 heteroatoms. The lowest BCUT2D eigenvalue weighted by Gasteiger charge is -2.40. The molecule has 0 unspecified atom stereocenters. The molecule has 0 radical (unpaired) electrons. The number of Topliss-reactive ketones (excluding diaryl/α,β-unsaturated/α-hetero) is 1. The van der Waals surface area contributed by atoms with Gasteiger partial charge in [0.2, 0.25) is 10.0 Å². The highest BCUT2D eigenvalue weighted by molar-refractivity contribution is 7.89. The lowest BCUT2D eigenvalue weighted by Crippen LogP contribution is -2.52. The molecule has 1 fully saturated rings. The molecule has 1 aromatic rings. The van der Waals surface area contributed by atoms with E-state index in [0.717, 1.165) is 0 Å². The molecule has 0 aromatic carbocycles. The molecule has 1 saturated heterocycles. The lowest BCUT2D eigenvalue weighted by atomic mass is 9.92. The standard InChI is InChI=1S/C12H16N2O3S/c1-12(2)9-10(15)5-8-14(12)18(16,17)11-3-6-13-7-4-11/h3-4,6-7H,5,8-9H2,1-2H3. The summed E-state index contributed by atoms with van der Waals surface area (Å²) in [7, 11) is -3.55. The lowest BCUT2D eigenvalue weighted by molar-refractivity contribution is -0.123. The van der Waals surface area contributed by atoms with Crippen molar-refractivity contribution in [3.05, 3.63) is 24.5 Å². The number of carbonyl (C=O) groups is 1. The maximum atomic E-state index is 12.5. The van der Waals surface area contributed by atoms with Crippen molar-refractivity contribution in [1.82, 2.24) is 9.29 Å². The average Bonchev–Trinajstić information content (AvgIpc) is 2.28. The number of hydrogen-bond donors (Lipinski definition) is 0. The Morgan fingerprint density at radius 2 is 1.89 bits per heavy atom. The number of piperidine rings is 1. The number of aromatic nitrogens is 1. The predicted molar refractivity (Wildman–Crippen MR) is 66.4 cm³/mol. The molecular weight excluding hydrogens is 252 g/mol. The summed E-state index contributed by atoms with van der Waals surface area (Å²) >= 11 is 0. The largest absolute Gasteiger partial charge is 0.300 e. The summed E-state index contributed by atoms with van der Waals surface area (Å²) in [5.41, 5.74) is -0.669. The van der Waals surface area contributed by atoms with Crippen LogP contribution in [0.3, 0.4) is 0 Å². The van der Waals surface area contributed by atoms with E-state index in [-0.39, 0.29) is 30.1 Å². The Morgan fingerprint density at radius 3 is 2.44 bits per heavy atom. The van der Waals surface area contributed by atoms with E-state index < -0.39 is 15.6 Å². The molecule has 0 aliphatic carbocycles. The quantitative estimate of drug-likeness (QED) is 0.808. The minimum Gasteiger partial charge on any atom is -0.300 e. The first kappa shape index (κ1) is 13.2. The van der Waals surface area contributed by atoms with Crippen molar-refractivity contribution in [2.24, 2.45) is 0 Å². The first-order valence-corrected chi connectivity index (χ1v) is 7.23. The molecule has 2 rings (SSSR count). The normalized spacial score (nSPS) is 20.9. The predicted octanol–water partition coefficient (Wildman–Crippen LogP) is 1.21. The van der Waals surface area contributed by atoms with Crippen LogP contribution in [0.15, 0.2) is 29.4 Å². The van der Waals surface area contributed by atoms with Crippen molar-refractivity contribution in [1.29, 1.82) is 0 Å². The summed E-state index contributed by atoms with van der Waals surface area (Å²) in [6, 6.07) is 2.95. The van der Waals surface area contributed by atoms with E-state index in [1.807, 2.05) is 0 Å². The molecule has 0 saturated carbocycles. The topological polar surface area (TPSA) is 67.3 Å². The molecular formula is C12H16N2O3S. The zero-order valence-electron chi connectivity index (χ0n) is 10.5. The zero-order valence-corrected chi connectivity index (χ0v) is 11.3. The molecule has 5 nitrogen and oxygen atoms in total. The van der Waals surface area contributed by atoms with Gasteiger partial charge in [0.15, 0.2) is 0 Å². The molecule has 2 heterocycles. The van der Waals surface area contributed by atoms with Gasteiger partial charge in [-0.25, -0.2) is 8.42 Å². The maximum Gasteiger partial charge on any atom is 0.243 e. The molecule has 0 atom stereocenters. The Hall–Kier alpha value is -1.27. The molecule has 1 aliphatic heterocycles. The second kappa shape index (κ2) is 4.44. The molecule has 1 aromatic heterocycles. The van der Waals surface area contributed by atoms with Crippen molar-refractivity contribution in [3.8, 4) is 0 Å². The third kappa shape index (κ3) is 2.30. The highest BCUT2D eigenvalue weighted by Gasteiger charge is 2.41. The first-order chi connectivity index (χ1) is 8.34. The number of pyridine rings is 1. The van der Waals surface area contributed by atoms with Gasteiger partial charge in [-0.15, -0.1) is 0 Å². The zero-order chi connectivity index (χ0) is 13.4. The van der Waals surface area contributed by atoms with Crippen LogP contribution in [0.1, 0.15) is 26.7 Å². The molecule has 1 aliphatic rings. The van der Waals surface area contributed by atoms with E-state index in [2.05, 4.69) is 4.98 Å². The van der Waals surface area contributed by atoms with E-state index in [0.29, 0.717) is 0 Å². The monoisotopic (exact) mass is 268 g/mol. The SMILES string of the molecule is CC1(C)CC(=O)CCN1S(=O)(=O)c1ccncc1. The van der Waals surface area contributed by atoms with Crippen LogP contribution in [0.25, 0.3) is 0 Å². The number of sulfonamides is 1. The summed E-state index contributed by atoms with van der Waals surface area (Å²) < 4.78 is 26.4. The Morgan fingerprint density at radius 1 is 1.28 bits per heavy atom. The third-order valence-corrected chi connectivity index (χ3v) is 5.26. The Balaban J connectivity index is 2.39. The van der Waals surface area contributed by atoms with Gasteiger partial charge >= 0.3 is 0 Å². The van der Waals surface area contributed by atoms with E-state index in [9.17, 15) is 13.2 Å². The summed E-state index contributed by atoms with van der Waals surface area (Å²) in [4.78, 5) is 15.5. The molecule has 0 N–H and O–H groups in total. The summed E-state index contributed by atoms with van der Waals surface area (Å²) in [6.45, 7) is 3.81. The van der Waals surface area contributed by atoms with Crippen LogP contribution >= 0.6 is 0 Å². The van der Waals surface area contributed by atoms with Crippen LogP contribution in [0, 0.1) is 0 Å². The maximum absolute atomic E-state index is 12.5. The van der Waals surface area contributed by atoms with Crippen molar-refractivity contribution >= 4 is 15.8 Å². The number of ketones is 1. The molecule has 0 bridgehead atoms. The Labute approximate surface area is 107 Å². The van der Waals surface area contributed by atoms with Gasteiger partial charge in [-0.1, -0.05) is 0 Å². The summed E-state index contributed by atoms with van der Waals surface area (Å²) in [5, 5.41) is 0. The number of nitrogens with zero attached hydrogens (tertiary/aromatic N) is 2. The molecule has 98 valence electrons. The van der Waals surface area contributed by atoms with Crippen LogP contribution in [-0.4, -0.2) is 35.6 Å². The van der Waals surface area contributed by atoms with Crippen LogP contribution < -0.4 is 0 Å². The minimum absolute atomic E-state index is 0.112. The first-order valence-electron chi connectivity index (χ1n) is 5.79. The van der Waals surface area contributed by atoms with Gasteiger partial charge in [0.1, 0.15) is 5.78 Å². The number of carbonyl (C=O) groups excluding carboxylic acids is 1. The van der Waals surface area contributed by atoms with Crippen LogP contribution in [0.5, 0.6) is 0 Å². The van der Waals surface area contributed by atoms with Gasteiger partial charge in [-0.05, 0) is 26.0 Å².